The normalized spacial score (nSPS) is 17.5. The molecule has 1 aromatic carbocycles. The van der Waals surface area contributed by atoms with E-state index < -0.39 is 0 Å². The Labute approximate surface area is 115 Å². The number of rotatable bonds is 2. The molecule has 0 radical (unpaired) electrons. The van der Waals surface area contributed by atoms with E-state index in [1.165, 1.54) is 37.1 Å². The molecule has 98 valence electrons. The summed E-state index contributed by atoms with van der Waals surface area (Å²) < 4.78 is 0. The van der Waals surface area contributed by atoms with Crippen molar-refractivity contribution in [2.75, 3.05) is 20.1 Å². The highest BCUT2D eigenvalue weighted by Crippen LogP contribution is 2.28. The third-order valence-corrected chi connectivity index (χ3v) is 4.06. The summed E-state index contributed by atoms with van der Waals surface area (Å²) in [7, 11) is 2.21. The van der Waals surface area contributed by atoms with Crippen molar-refractivity contribution in [1.82, 2.24) is 9.88 Å². The Hall–Kier alpha value is -1.67. The van der Waals surface area contributed by atoms with Gasteiger partial charge >= 0.3 is 0 Å². The molecular weight excluding hydrogens is 232 g/mol. The molecule has 1 aliphatic heterocycles. The molecule has 0 unspecified atom stereocenters. The van der Waals surface area contributed by atoms with Gasteiger partial charge in [-0.25, -0.2) is 0 Å². The van der Waals surface area contributed by atoms with Crippen LogP contribution >= 0.6 is 0 Å². The number of aromatic nitrogens is 1. The van der Waals surface area contributed by atoms with Gasteiger partial charge in [0.15, 0.2) is 0 Å². The highest BCUT2D eigenvalue weighted by Gasteiger charge is 2.18. The molecule has 19 heavy (non-hydrogen) atoms. The van der Waals surface area contributed by atoms with Crippen LogP contribution in [-0.2, 0) is 0 Å². The lowest BCUT2D eigenvalue weighted by Crippen LogP contribution is -2.29. The number of benzene rings is 1. The molecular formula is C17H20N2. The molecule has 2 aromatic rings. The first-order valence-electron chi connectivity index (χ1n) is 7.03. The summed E-state index contributed by atoms with van der Waals surface area (Å²) in [6, 6.07) is 15.0. The zero-order chi connectivity index (χ0) is 13.1. The fourth-order valence-corrected chi connectivity index (χ4v) is 2.80. The van der Waals surface area contributed by atoms with Crippen LogP contribution in [-0.4, -0.2) is 30.0 Å². The Morgan fingerprint density at radius 3 is 2.37 bits per heavy atom. The van der Waals surface area contributed by atoms with Crippen LogP contribution < -0.4 is 0 Å². The predicted octanol–water partition coefficient (Wildman–Crippen LogP) is 3.56. The molecule has 2 heteroatoms. The van der Waals surface area contributed by atoms with E-state index in [1.54, 1.807) is 0 Å². The van der Waals surface area contributed by atoms with E-state index in [2.05, 4.69) is 47.3 Å². The summed E-state index contributed by atoms with van der Waals surface area (Å²) in [6.07, 6.45) is 4.40. The van der Waals surface area contributed by atoms with Crippen LogP contribution in [0.1, 0.15) is 24.3 Å². The van der Waals surface area contributed by atoms with Crippen molar-refractivity contribution in [2.45, 2.75) is 18.8 Å². The molecule has 0 N–H and O–H groups in total. The quantitative estimate of drug-likeness (QED) is 0.812. The van der Waals surface area contributed by atoms with Gasteiger partial charge in [0.1, 0.15) is 0 Å². The minimum atomic E-state index is 0.731. The predicted molar refractivity (Wildman–Crippen MR) is 79.1 cm³/mol. The molecule has 1 aliphatic rings. The molecule has 2 nitrogen and oxygen atoms in total. The monoisotopic (exact) mass is 252 g/mol. The maximum absolute atomic E-state index is 4.39. The molecule has 0 bridgehead atoms. The summed E-state index contributed by atoms with van der Waals surface area (Å²) >= 11 is 0. The Kier molecular flexibility index (Phi) is 3.60. The van der Waals surface area contributed by atoms with Gasteiger partial charge in [0.05, 0.1) is 5.69 Å². The smallest absolute Gasteiger partial charge is 0.0701 e. The molecule has 0 atom stereocenters. The van der Waals surface area contributed by atoms with Gasteiger partial charge in [-0.2, -0.15) is 0 Å². The zero-order valence-corrected chi connectivity index (χ0v) is 11.4. The van der Waals surface area contributed by atoms with Crippen LogP contribution in [0.15, 0.2) is 48.7 Å². The highest BCUT2D eigenvalue weighted by atomic mass is 15.1. The Morgan fingerprint density at radius 2 is 1.74 bits per heavy atom. The second kappa shape index (κ2) is 5.54. The van der Waals surface area contributed by atoms with E-state index in [0.717, 1.165) is 11.6 Å². The lowest BCUT2D eigenvalue weighted by atomic mass is 9.89. The maximum Gasteiger partial charge on any atom is 0.0701 e. The van der Waals surface area contributed by atoms with E-state index in [0.29, 0.717) is 0 Å². The van der Waals surface area contributed by atoms with Gasteiger partial charge in [-0.05, 0) is 56.6 Å². The standard InChI is InChI=1S/C17H20N2/c1-19-12-9-15(10-13-19)14-5-7-16(8-6-14)17-4-2-3-11-18-17/h2-8,11,15H,9-10,12-13H2,1H3. The molecule has 1 saturated heterocycles. The number of hydrogen-bond donors (Lipinski definition) is 0. The van der Waals surface area contributed by atoms with E-state index >= 15 is 0 Å². The largest absolute Gasteiger partial charge is 0.306 e. The number of likely N-dealkylation sites (tertiary alicyclic amines) is 1. The zero-order valence-electron chi connectivity index (χ0n) is 11.4. The molecule has 3 rings (SSSR count). The summed E-state index contributed by atoms with van der Waals surface area (Å²) in [6.45, 7) is 2.43. The van der Waals surface area contributed by atoms with E-state index in [9.17, 15) is 0 Å². The molecule has 1 aromatic heterocycles. The second-order valence-electron chi connectivity index (χ2n) is 5.41. The third-order valence-electron chi connectivity index (χ3n) is 4.06. The lowest BCUT2D eigenvalue weighted by molar-refractivity contribution is 0.255. The van der Waals surface area contributed by atoms with Crippen molar-refractivity contribution < 1.29 is 0 Å². The van der Waals surface area contributed by atoms with Crippen molar-refractivity contribution in [1.29, 1.82) is 0 Å². The number of hydrogen-bond acceptors (Lipinski definition) is 2. The highest BCUT2D eigenvalue weighted by molar-refractivity contribution is 5.59. The van der Waals surface area contributed by atoms with Crippen LogP contribution in [0.4, 0.5) is 0 Å². The summed E-state index contributed by atoms with van der Waals surface area (Å²) in [4.78, 5) is 6.81. The van der Waals surface area contributed by atoms with Gasteiger partial charge in [-0.15, -0.1) is 0 Å². The van der Waals surface area contributed by atoms with Gasteiger partial charge in [0, 0.05) is 11.8 Å². The SMILES string of the molecule is CN1CCC(c2ccc(-c3ccccn3)cc2)CC1. The first kappa shape index (κ1) is 12.4. The molecule has 0 aliphatic carbocycles. The number of pyridine rings is 1. The van der Waals surface area contributed by atoms with Crippen molar-refractivity contribution in [3.05, 3.63) is 54.2 Å². The summed E-state index contributed by atoms with van der Waals surface area (Å²) in [5.41, 5.74) is 3.74. The fraction of sp³-hybridized carbons (Fsp3) is 0.353. The molecule has 2 heterocycles. The molecule has 0 saturated carbocycles. The second-order valence-corrected chi connectivity index (χ2v) is 5.41. The van der Waals surface area contributed by atoms with Gasteiger partial charge in [-0.1, -0.05) is 30.3 Å². The van der Waals surface area contributed by atoms with Crippen LogP contribution in [0.25, 0.3) is 11.3 Å². The fourth-order valence-electron chi connectivity index (χ4n) is 2.80. The van der Waals surface area contributed by atoms with Crippen molar-refractivity contribution in [2.24, 2.45) is 0 Å². The molecule has 0 spiro atoms. The summed E-state index contributed by atoms with van der Waals surface area (Å²) in [5.74, 6) is 0.731. The van der Waals surface area contributed by atoms with E-state index in [1.807, 2.05) is 18.3 Å². The van der Waals surface area contributed by atoms with Crippen LogP contribution in [0.2, 0.25) is 0 Å². The van der Waals surface area contributed by atoms with E-state index in [-0.39, 0.29) is 0 Å². The Balaban J connectivity index is 1.76. The Morgan fingerprint density at radius 1 is 1.00 bits per heavy atom. The minimum Gasteiger partial charge on any atom is -0.306 e. The first-order chi connectivity index (χ1) is 9.33. The van der Waals surface area contributed by atoms with Crippen molar-refractivity contribution >= 4 is 0 Å². The van der Waals surface area contributed by atoms with Crippen LogP contribution in [0, 0.1) is 0 Å². The van der Waals surface area contributed by atoms with Crippen molar-refractivity contribution in [3.63, 3.8) is 0 Å². The molecule has 0 amide bonds. The van der Waals surface area contributed by atoms with Gasteiger partial charge in [0.25, 0.3) is 0 Å². The van der Waals surface area contributed by atoms with E-state index in [4.69, 9.17) is 0 Å². The van der Waals surface area contributed by atoms with Gasteiger partial charge in [-0.3, -0.25) is 4.98 Å². The third kappa shape index (κ3) is 2.85. The average molecular weight is 252 g/mol. The van der Waals surface area contributed by atoms with Gasteiger partial charge in [0.2, 0.25) is 0 Å². The minimum absolute atomic E-state index is 0.731. The van der Waals surface area contributed by atoms with Crippen LogP contribution in [0.5, 0.6) is 0 Å². The van der Waals surface area contributed by atoms with Gasteiger partial charge < -0.3 is 4.90 Å². The maximum atomic E-state index is 4.39. The average Bonchev–Trinajstić information content (AvgIpc) is 2.49. The number of nitrogens with zero attached hydrogens (tertiary/aromatic N) is 2. The van der Waals surface area contributed by atoms with Crippen LogP contribution in [0.3, 0.4) is 0 Å². The summed E-state index contributed by atoms with van der Waals surface area (Å²) in [5, 5.41) is 0. The first-order valence-corrected chi connectivity index (χ1v) is 7.03. The Bertz CT molecular complexity index is 511. The number of piperidine rings is 1. The molecule has 1 fully saturated rings. The topological polar surface area (TPSA) is 16.1 Å². The lowest BCUT2D eigenvalue weighted by Gasteiger charge is -2.29. The van der Waals surface area contributed by atoms with Crippen molar-refractivity contribution in [3.8, 4) is 11.3 Å².